The molecule has 2 heterocycles. The monoisotopic (exact) mass is 347 g/mol. The van der Waals surface area contributed by atoms with Gasteiger partial charge in [0.25, 0.3) is 0 Å². The highest BCUT2D eigenvalue weighted by Gasteiger charge is 2.26. The fourth-order valence-corrected chi connectivity index (χ4v) is 4.15. The summed E-state index contributed by atoms with van der Waals surface area (Å²) in [5, 5.41) is 3.14. The van der Waals surface area contributed by atoms with Gasteiger partial charge in [0.2, 0.25) is 10.0 Å². The molecule has 1 aliphatic heterocycles. The Bertz CT molecular complexity index is 768. The molecule has 0 atom stereocenters. The van der Waals surface area contributed by atoms with Crippen molar-refractivity contribution in [3.63, 3.8) is 0 Å². The maximum atomic E-state index is 12.6. The van der Waals surface area contributed by atoms with Crippen LogP contribution in [0.1, 0.15) is 19.3 Å². The molecule has 1 fully saturated rings. The summed E-state index contributed by atoms with van der Waals surface area (Å²) in [6.07, 6.45) is 4.35. The number of pyridine rings is 1. The summed E-state index contributed by atoms with van der Waals surface area (Å²) in [5.41, 5.74) is 0.856. The van der Waals surface area contributed by atoms with Crippen molar-refractivity contribution in [2.45, 2.75) is 24.2 Å². The van der Waals surface area contributed by atoms with Gasteiger partial charge < -0.3 is 10.1 Å². The van der Waals surface area contributed by atoms with Gasteiger partial charge in [-0.3, -0.25) is 0 Å². The van der Waals surface area contributed by atoms with Crippen molar-refractivity contribution in [1.82, 2.24) is 9.29 Å². The van der Waals surface area contributed by atoms with Crippen molar-refractivity contribution in [2.75, 3.05) is 25.5 Å². The summed E-state index contributed by atoms with van der Waals surface area (Å²) in [5.74, 6) is 1.37. The van der Waals surface area contributed by atoms with E-state index >= 15 is 0 Å². The second kappa shape index (κ2) is 7.19. The highest BCUT2D eigenvalue weighted by atomic mass is 32.2. The third-order valence-electron chi connectivity index (χ3n) is 4.05. The third kappa shape index (κ3) is 3.68. The molecule has 3 rings (SSSR count). The molecule has 0 bridgehead atoms. The largest absolute Gasteiger partial charge is 0.497 e. The van der Waals surface area contributed by atoms with E-state index in [1.165, 1.54) is 6.20 Å². The number of piperidine rings is 1. The van der Waals surface area contributed by atoms with Crippen LogP contribution in [0.5, 0.6) is 5.75 Å². The van der Waals surface area contributed by atoms with Crippen molar-refractivity contribution in [1.29, 1.82) is 0 Å². The predicted molar refractivity (Wildman–Crippen MR) is 93.1 cm³/mol. The maximum Gasteiger partial charge on any atom is 0.244 e. The number of rotatable bonds is 5. The molecule has 0 saturated carbocycles. The lowest BCUT2D eigenvalue weighted by molar-refractivity contribution is 0.346. The summed E-state index contributed by atoms with van der Waals surface area (Å²) in [6, 6.07) is 10.7. The molecule has 0 amide bonds. The Balaban J connectivity index is 1.72. The van der Waals surface area contributed by atoms with Crippen LogP contribution in [0.15, 0.2) is 47.5 Å². The molecule has 6 nitrogen and oxygen atoms in total. The van der Waals surface area contributed by atoms with Crippen LogP contribution in [-0.4, -0.2) is 37.9 Å². The van der Waals surface area contributed by atoms with Gasteiger partial charge in [-0.1, -0.05) is 6.42 Å². The van der Waals surface area contributed by atoms with Gasteiger partial charge in [0, 0.05) is 25.0 Å². The minimum Gasteiger partial charge on any atom is -0.497 e. The first-order chi connectivity index (χ1) is 11.6. The van der Waals surface area contributed by atoms with Crippen molar-refractivity contribution in [2.24, 2.45) is 0 Å². The SMILES string of the molecule is COc1ccc(Nc2ccc(S(=O)(=O)N3CCCCC3)cn2)cc1. The van der Waals surface area contributed by atoms with Crippen LogP contribution in [-0.2, 0) is 10.0 Å². The van der Waals surface area contributed by atoms with Gasteiger partial charge >= 0.3 is 0 Å². The molecule has 128 valence electrons. The first kappa shape index (κ1) is 16.7. The predicted octanol–water partition coefficient (Wildman–Crippen LogP) is 3.01. The van der Waals surface area contributed by atoms with Crippen LogP contribution >= 0.6 is 0 Å². The van der Waals surface area contributed by atoms with Gasteiger partial charge in [0.15, 0.2) is 0 Å². The first-order valence-corrected chi connectivity index (χ1v) is 9.41. The molecular weight excluding hydrogens is 326 g/mol. The number of sulfonamides is 1. The summed E-state index contributed by atoms with van der Waals surface area (Å²) in [6.45, 7) is 1.18. The zero-order valence-corrected chi connectivity index (χ0v) is 14.4. The van der Waals surface area contributed by atoms with Crippen molar-refractivity contribution in [3.8, 4) is 5.75 Å². The molecule has 7 heteroatoms. The van der Waals surface area contributed by atoms with Gasteiger partial charge in [-0.15, -0.1) is 0 Å². The molecule has 0 unspecified atom stereocenters. The van der Waals surface area contributed by atoms with E-state index in [9.17, 15) is 8.42 Å². The standard InChI is InChI=1S/C17H21N3O3S/c1-23-15-7-5-14(6-8-15)19-17-10-9-16(13-18-17)24(21,22)20-11-3-2-4-12-20/h5-10,13H,2-4,11-12H2,1H3,(H,18,19). The third-order valence-corrected chi connectivity index (χ3v) is 5.93. The average Bonchev–Trinajstić information content (AvgIpc) is 2.63. The van der Waals surface area contributed by atoms with Crippen molar-refractivity contribution < 1.29 is 13.2 Å². The zero-order chi connectivity index (χ0) is 17.0. The highest BCUT2D eigenvalue weighted by Crippen LogP contribution is 2.22. The number of ether oxygens (including phenoxy) is 1. The fraction of sp³-hybridized carbons (Fsp3) is 0.353. The molecule has 0 spiro atoms. The Kier molecular flexibility index (Phi) is 5.01. The second-order valence-corrected chi connectivity index (χ2v) is 7.64. The average molecular weight is 347 g/mol. The molecule has 1 aromatic heterocycles. The Morgan fingerprint density at radius 2 is 1.75 bits per heavy atom. The number of nitrogens with one attached hydrogen (secondary N) is 1. The van der Waals surface area contributed by atoms with Crippen molar-refractivity contribution >= 4 is 21.5 Å². The second-order valence-electron chi connectivity index (χ2n) is 5.70. The van der Waals surface area contributed by atoms with Gasteiger partial charge in [-0.2, -0.15) is 4.31 Å². The topological polar surface area (TPSA) is 71.5 Å². The van der Waals surface area contributed by atoms with E-state index < -0.39 is 10.0 Å². The smallest absolute Gasteiger partial charge is 0.244 e. The van der Waals surface area contributed by atoms with Crippen LogP contribution in [0.25, 0.3) is 0 Å². The molecule has 1 N–H and O–H groups in total. The number of anilines is 2. The Hall–Kier alpha value is -2.12. The van der Waals surface area contributed by atoms with Gasteiger partial charge in [0.1, 0.15) is 16.5 Å². The number of hydrogen-bond donors (Lipinski definition) is 1. The molecule has 0 radical (unpaired) electrons. The van der Waals surface area contributed by atoms with Gasteiger partial charge in [-0.05, 0) is 49.2 Å². The Labute approximate surface area is 142 Å². The molecule has 1 saturated heterocycles. The van der Waals surface area contributed by atoms with Crippen LogP contribution in [0.2, 0.25) is 0 Å². The van der Waals surface area contributed by atoms with Crippen LogP contribution < -0.4 is 10.1 Å². The Morgan fingerprint density at radius 1 is 1.04 bits per heavy atom. The molecule has 24 heavy (non-hydrogen) atoms. The lowest BCUT2D eigenvalue weighted by atomic mass is 10.2. The quantitative estimate of drug-likeness (QED) is 0.900. The van der Waals surface area contributed by atoms with E-state index in [0.29, 0.717) is 18.9 Å². The van der Waals surface area contributed by atoms with E-state index in [0.717, 1.165) is 30.7 Å². The van der Waals surface area contributed by atoms with E-state index in [1.807, 2.05) is 24.3 Å². The summed E-state index contributed by atoms with van der Waals surface area (Å²) < 4.78 is 31.8. The van der Waals surface area contributed by atoms with Gasteiger partial charge in [-0.25, -0.2) is 13.4 Å². The zero-order valence-electron chi connectivity index (χ0n) is 13.6. The number of hydrogen-bond acceptors (Lipinski definition) is 5. The van der Waals surface area contributed by atoms with E-state index in [2.05, 4.69) is 10.3 Å². The maximum absolute atomic E-state index is 12.6. The molecular formula is C17H21N3O3S. The van der Waals surface area contributed by atoms with E-state index in [1.54, 1.807) is 23.5 Å². The van der Waals surface area contributed by atoms with Crippen molar-refractivity contribution in [3.05, 3.63) is 42.6 Å². The summed E-state index contributed by atoms with van der Waals surface area (Å²) in [4.78, 5) is 4.47. The van der Waals surface area contributed by atoms with Crippen LogP contribution in [0, 0.1) is 0 Å². The normalized spacial score (nSPS) is 15.9. The number of methoxy groups -OCH3 is 1. The fourth-order valence-electron chi connectivity index (χ4n) is 2.68. The van der Waals surface area contributed by atoms with Crippen LogP contribution in [0.4, 0.5) is 11.5 Å². The number of nitrogens with zero attached hydrogens (tertiary/aromatic N) is 2. The summed E-state index contributed by atoms with van der Waals surface area (Å²) in [7, 11) is -1.82. The van der Waals surface area contributed by atoms with E-state index in [-0.39, 0.29) is 4.90 Å². The molecule has 0 aliphatic carbocycles. The molecule has 1 aliphatic rings. The molecule has 1 aromatic carbocycles. The first-order valence-electron chi connectivity index (χ1n) is 7.97. The van der Waals surface area contributed by atoms with Crippen LogP contribution in [0.3, 0.4) is 0 Å². The lowest BCUT2D eigenvalue weighted by Gasteiger charge is -2.25. The van der Waals surface area contributed by atoms with Gasteiger partial charge in [0.05, 0.1) is 7.11 Å². The lowest BCUT2D eigenvalue weighted by Crippen LogP contribution is -2.35. The molecule has 2 aromatic rings. The highest BCUT2D eigenvalue weighted by molar-refractivity contribution is 7.89. The minimum absolute atomic E-state index is 0.240. The number of aromatic nitrogens is 1. The summed E-state index contributed by atoms with van der Waals surface area (Å²) >= 11 is 0. The minimum atomic E-state index is -3.43. The Morgan fingerprint density at radius 3 is 2.33 bits per heavy atom. The van der Waals surface area contributed by atoms with E-state index in [4.69, 9.17) is 4.74 Å². The number of benzene rings is 1.